The summed E-state index contributed by atoms with van der Waals surface area (Å²) in [5.41, 5.74) is 0.958. The number of aromatic nitrogens is 3. The first-order valence-electron chi connectivity index (χ1n) is 11.9. The molecule has 0 saturated carbocycles. The summed E-state index contributed by atoms with van der Waals surface area (Å²) in [6, 6.07) is 0.134. The average Bonchev–Trinajstić information content (AvgIpc) is 3.43. The second-order valence-electron chi connectivity index (χ2n) is 8.30. The molecule has 2 N–H and O–H groups in total. The number of nitrogens with zero attached hydrogens (tertiary/aromatic N) is 3. The van der Waals surface area contributed by atoms with Crippen LogP contribution < -0.4 is 10.2 Å². The van der Waals surface area contributed by atoms with E-state index >= 15 is 0 Å². The molecule has 1 fully saturated rings. The summed E-state index contributed by atoms with van der Waals surface area (Å²) >= 11 is 6.07. The van der Waals surface area contributed by atoms with Gasteiger partial charge in [0, 0.05) is 20.1 Å². The lowest BCUT2D eigenvalue weighted by Gasteiger charge is -2.37. The van der Waals surface area contributed by atoms with E-state index in [0.29, 0.717) is 55.9 Å². The number of aromatic amines is 1. The highest BCUT2D eigenvalue weighted by molar-refractivity contribution is 6.30. The fourth-order valence-electron chi connectivity index (χ4n) is 3.87. The van der Waals surface area contributed by atoms with Crippen molar-refractivity contribution in [2.75, 3.05) is 31.7 Å². The third-order valence-electron chi connectivity index (χ3n) is 5.83. The van der Waals surface area contributed by atoms with Crippen molar-refractivity contribution in [3.05, 3.63) is 28.1 Å². The van der Waals surface area contributed by atoms with E-state index in [-0.39, 0.29) is 29.6 Å². The molecule has 1 aliphatic heterocycles. The van der Waals surface area contributed by atoms with Crippen LogP contribution in [-0.4, -0.2) is 65.8 Å². The quantitative estimate of drug-likeness (QED) is 0.358. The number of anilines is 1. The minimum absolute atomic E-state index is 0.183. The Morgan fingerprint density at radius 2 is 2.06 bits per heavy atom. The Kier molecular flexibility index (Phi) is 9.35. The lowest BCUT2D eigenvalue weighted by atomic mass is 10.0. The van der Waals surface area contributed by atoms with Crippen LogP contribution in [0.25, 0.3) is 0 Å². The number of hydrogen-bond donors (Lipinski definition) is 2. The van der Waals surface area contributed by atoms with E-state index in [2.05, 4.69) is 20.3 Å². The normalized spacial score (nSPS) is 18.2. The molecule has 2 atom stereocenters. The molecular formula is C23H34ClN5O5. The number of H-pyrrole nitrogens is 1. The first-order chi connectivity index (χ1) is 16.4. The monoisotopic (exact) mass is 495 g/mol. The first-order valence-corrected chi connectivity index (χ1v) is 12.3. The first kappa shape index (κ1) is 26.0. The van der Waals surface area contributed by atoms with Crippen molar-refractivity contribution in [1.29, 1.82) is 0 Å². The van der Waals surface area contributed by atoms with Gasteiger partial charge in [0.1, 0.15) is 5.76 Å². The van der Waals surface area contributed by atoms with E-state index < -0.39 is 5.97 Å². The highest BCUT2D eigenvalue weighted by atomic mass is 35.5. The largest absolute Gasteiger partial charge is 0.461 e. The summed E-state index contributed by atoms with van der Waals surface area (Å²) in [6.45, 7) is 7.36. The Morgan fingerprint density at radius 3 is 2.71 bits per heavy atom. The number of methoxy groups -OCH3 is 1. The van der Waals surface area contributed by atoms with Crippen LogP contribution in [0.15, 0.2) is 4.42 Å². The van der Waals surface area contributed by atoms with Gasteiger partial charge in [0.15, 0.2) is 16.7 Å². The maximum atomic E-state index is 12.7. The van der Waals surface area contributed by atoms with Gasteiger partial charge in [-0.1, -0.05) is 38.8 Å². The van der Waals surface area contributed by atoms with E-state index in [0.717, 1.165) is 25.0 Å². The standard InChI is InChI=1S/C23H34ClN5O5/c1-5-8-12-33-22(31)18-16(9-6-2)34-23(27-18)29-11-10-15(17(13-29)32-4)26-21(30)20-25-14(7-3)19(24)28-20/h15,17H,5-13H2,1-4H3,(H,25,28)(H,26,30). The third kappa shape index (κ3) is 6.09. The summed E-state index contributed by atoms with van der Waals surface area (Å²) in [5.74, 6) is -0.0754. The van der Waals surface area contributed by atoms with Gasteiger partial charge in [-0.05, 0) is 25.7 Å². The molecule has 3 rings (SSSR count). The fraction of sp³-hybridized carbons (Fsp3) is 0.652. The fourth-order valence-corrected chi connectivity index (χ4v) is 4.13. The number of nitrogens with one attached hydrogen (secondary N) is 2. The topological polar surface area (TPSA) is 123 Å². The summed E-state index contributed by atoms with van der Waals surface area (Å²) in [6.07, 6.45) is 4.10. The summed E-state index contributed by atoms with van der Waals surface area (Å²) in [7, 11) is 1.60. The number of hydrogen-bond acceptors (Lipinski definition) is 8. The molecule has 1 aliphatic rings. The van der Waals surface area contributed by atoms with Crippen LogP contribution in [0.1, 0.15) is 79.0 Å². The molecule has 188 valence electrons. The molecule has 0 aromatic carbocycles. The second kappa shape index (κ2) is 12.2. The average molecular weight is 496 g/mol. The van der Waals surface area contributed by atoms with Gasteiger partial charge in [-0.15, -0.1) is 0 Å². The molecule has 0 spiro atoms. The predicted molar refractivity (Wildman–Crippen MR) is 128 cm³/mol. The zero-order valence-corrected chi connectivity index (χ0v) is 21.0. The number of esters is 1. The number of carbonyl (C=O) groups excluding carboxylic acids is 2. The SMILES string of the molecule is CCCCOC(=O)c1nc(N2CCC(NC(=O)c3nc(Cl)c(CC)[nH]3)C(OC)C2)oc1CCC. The van der Waals surface area contributed by atoms with Crippen molar-refractivity contribution in [2.45, 2.75) is 71.4 Å². The van der Waals surface area contributed by atoms with Crippen LogP contribution in [0.5, 0.6) is 0 Å². The molecule has 10 nitrogen and oxygen atoms in total. The molecule has 2 aromatic heterocycles. The molecular weight excluding hydrogens is 462 g/mol. The highest BCUT2D eigenvalue weighted by Crippen LogP contribution is 2.25. The molecule has 0 aliphatic carbocycles. The van der Waals surface area contributed by atoms with Crippen LogP contribution in [0, 0.1) is 0 Å². The maximum Gasteiger partial charge on any atom is 0.360 e. The Balaban J connectivity index is 1.68. The smallest absolute Gasteiger partial charge is 0.360 e. The number of carbonyl (C=O) groups is 2. The molecule has 3 heterocycles. The maximum absolute atomic E-state index is 12.7. The van der Waals surface area contributed by atoms with Crippen molar-refractivity contribution < 1.29 is 23.5 Å². The number of amides is 1. The summed E-state index contributed by atoms with van der Waals surface area (Å²) in [5, 5.41) is 3.30. The zero-order valence-electron chi connectivity index (χ0n) is 20.3. The molecule has 1 amide bonds. The van der Waals surface area contributed by atoms with Crippen LogP contribution in [0.4, 0.5) is 6.01 Å². The van der Waals surface area contributed by atoms with Crippen LogP contribution in [-0.2, 0) is 22.3 Å². The molecule has 1 saturated heterocycles. The Labute approximate surface area is 204 Å². The van der Waals surface area contributed by atoms with Crippen LogP contribution >= 0.6 is 11.6 Å². The van der Waals surface area contributed by atoms with Gasteiger partial charge >= 0.3 is 5.97 Å². The Morgan fingerprint density at radius 1 is 1.26 bits per heavy atom. The Hall–Kier alpha value is -2.59. The van der Waals surface area contributed by atoms with Crippen molar-refractivity contribution in [1.82, 2.24) is 20.3 Å². The molecule has 34 heavy (non-hydrogen) atoms. The number of halogens is 1. The summed E-state index contributed by atoms with van der Waals surface area (Å²) < 4.78 is 17.0. The molecule has 2 aromatic rings. The van der Waals surface area contributed by atoms with E-state index in [1.165, 1.54) is 0 Å². The Bertz CT molecular complexity index is 975. The van der Waals surface area contributed by atoms with Crippen LogP contribution in [0.2, 0.25) is 5.15 Å². The highest BCUT2D eigenvalue weighted by Gasteiger charge is 2.34. The number of oxazole rings is 1. The summed E-state index contributed by atoms with van der Waals surface area (Å²) in [4.78, 5) is 38.7. The van der Waals surface area contributed by atoms with Gasteiger partial charge in [0.25, 0.3) is 11.9 Å². The lowest BCUT2D eigenvalue weighted by molar-refractivity contribution is 0.0490. The lowest BCUT2D eigenvalue weighted by Crippen LogP contribution is -2.55. The number of rotatable bonds is 11. The number of unbranched alkanes of at least 4 members (excludes halogenated alkanes) is 1. The molecule has 0 radical (unpaired) electrons. The van der Waals surface area contributed by atoms with Crippen molar-refractivity contribution in [3.8, 4) is 0 Å². The van der Waals surface area contributed by atoms with E-state index in [1.807, 2.05) is 25.7 Å². The molecule has 2 unspecified atom stereocenters. The van der Waals surface area contributed by atoms with Gasteiger partial charge < -0.3 is 29.1 Å². The third-order valence-corrected chi connectivity index (χ3v) is 6.15. The predicted octanol–water partition coefficient (Wildman–Crippen LogP) is 3.55. The minimum Gasteiger partial charge on any atom is -0.461 e. The van der Waals surface area contributed by atoms with E-state index in [9.17, 15) is 9.59 Å². The number of imidazole rings is 1. The van der Waals surface area contributed by atoms with Gasteiger partial charge in [-0.3, -0.25) is 4.79 Å². The van der Waals surface area contributed by atoms with Gasteiger partial charge in [-0.2, -0.15) is 4.98 Å². The van der Waals surface area contributed by atoms with E-state index in [1.54, 1.807) is 7.11 Å². The zero-order chi connectivity index (χ0) is 24.7. The molecule has 11 heteroatoms. The van der Waals surface area contributed by atoms with Crippen molar-refractivity contribution >= 4 is 29.5 Å². The second-order valence-corrected chi connectivity index (χ2v) is 8.66. The number of piperidine rings is 1. The van der Waals surface area contributed by atoms with Gasteiger partial charge in [0.05, 0.1) is 31.0 Å². The van der Waals surface area contributed by atoms with Gasteiger partial charge in [-0.25, -0.2) is 9.78 Å². The number of ether oxygens (including phenoxy) is 2. The van der Waals surface area contributed by atoms with Crippen molar-refractivity contribution in [3.63, 3.8) is 0 Å². The molecule has 0 bridgehead atoms. The van der Waals surface area contributed by atoms with Crippen molar-refractivity contribution in [2.24, 2.45) is 0 Å². The van der Waals surface area contributed by atoms with Gasteiger partial charge in [0.2, 0.25) is 0 Å². The van der Waals surface area contributed by atoms with E-state index in [4.69, 9.17) is 25.5 Å². The van der Waals surface area contributed by atoms with Crippen LogP contribution in [0.3, 0.4) is 0 Å². The minimum atomic E-state index is -0.458. The number of aryl methyl sites for hydroxylation is 2.